The third-order valence-electron chi connectivity index (χ3n) is 2.87. The van der Waals surface area contributed by atoms with Crippen LogP contribution in [-0.4, -0.2) is 37.2 Å². The molecule has 3 aromatic heterocycles. The van der Waals surface area contributed by atoms with Crippen LogP contribution in [0.2, 0.25) is 0 Å². The van der Waals surface area contributed by atoms with Gasteiger partial charge in [-0.15, -0.1) is 10.2 Å². The Morgan fingerprint density at radius 3 is 2.84 bits per heavy atom. The van der Waals surface area contributed by atoms with Crippen LogP contribution in [0.4, 0.5) is 0 Å². The van der Waals surface area contributed by atoms with Crippen LogP contribution in [0.25, 0.3) is 17.2 Å². The summed E-state index contributed by atoms with van der Waals surface area (Å²) in [6, 6.07) is 3.38. The van der Waals surface area contributed by atoms with Crippen LogP contribution < -0.4 is 0 Å². The normalized spacial score (nSPS) is 10.8. The highest BCUT2D eigenvalue weighted by Gasteiger charge is 2.13. The average molecular weight is 257 g/mol. The van der Waals surface area contributed by atoms with Crippen molar-refractivity contribution >= 4 is 11.6 Å². The van der Waals surface area contributed by atoms with Gasteiger partial charge in [0.2, 0.25) is 0 Å². The molecule has 0 bridgehead atoms. The molecule has 0 radical (unpaired) electrons. The summed E-state index contributed by atoms with van der Waals surface area (Å²) < 4.78 is 8.28. The molecule has 7 nitrogen and oxygen atoms in total. The van der Waals surface area contributed by atoms with E-state index in [-0.39, 0.29) is 0 Å². The molecule has 0 unspecified atom stereocenters. The Bertz CT molecular complexity index is 758. The van der Waals surface area contributed by atoms with E-state index in [0.717, 1.165) is 5.69 Å². The molecule has 3 heterocycles. The van der Waals surface area contributed by atoms with E-state index in [4.69, 9.17) is 4.74 Å². The fraction of sp³-hybridized carbons (Fsp3) is 0.167. The first-order chi connectivity index (χ1) is 9.20. The second-order valence-corrected chi connectivity index (χ2v) is 4.05. The van der Waals surface area contributed by atoms with E-state index in [9.17, 15) is 4.79 Å². The molecular formula is C12H11N5O2. The van der Waals surface area contributed by atoms with Crippen LogP contribution in [0.15, 0.2) is 30.9 Å². The van der Waals surface area contributed by atoms with Crippen molar-refractivity contribution in [1.82, 2.24) is 24.1 Å². The summed E-state index contributed by atoms with van der Waals surface area (Å²) in [6.07, 6.45) is 5.03. The third kappa shape index (κ3) is 1.75. The standard InChI is InChI=1S/C12H11N5O2/c1-16-7-13-5-9(16)11-15-14-10-4-3-8(6-17(10)11)12(18)19-2/h3-7H,1-2H3. The molecular weight excluding hydrogens is 246 g/mol. The zero-order chi connectivity index (χ0) is 13.4. The number of carbonyl (C=O) groups excluding carboxylic acids is 1. The summed E-state index contributed by atoms with van der Waals surface area (Å²) in [5.41, 5.74) is 1.91. The van der Waals surface area contributed by atoms with Gasteiger partial charge in [-0.05, 0) is 12.1 Å². The van der Waals surface area contributed by atoms with E-state index in [1.165, 1.54) is 7.11 Å². The first-order valence-corrected chi connectivity index (χ1v) is 5.60. The molecule has 0 saturated heterocycles. The molecule has 0 aliphatic carbocycles. The highest BCUT2D eigenvalue weighted by atomic mass is 16.5. The Hall–Kier alpha value is -2.70. The number of fused-ring (bicyclic) bond motifs is 1. The minimum absolute atomic E-state index is 0.397. The molecule has 19 heavy (non-hydrogen) atoms. The van der Waals surface area contributed by atoms with Gasteiger partial charge in [0.05, 0.1) is 25.2 Å². The number of aromatic nitrogens is 5. The number of pyridine rings is 1. The fourth-order valence-corrected chi connectivity index (χ4v) is 1.88. The fourth-order valence-electron chi connectivity index (χ4n) is 1.88. The van der Waals surface area contributed by atoms with Gasteiger partial charge in [-0.3, -0.25) is 4.40 Å². The van der Waals surface area contributed by atoms with Crippen molar-refractivity contribution in [2.45, 2.75) is 0 Å². The van der Waals surface area contributed by atoms with E-state index >= 15 is 0 Å². The van der Waals surface area contributed by atoms with Crippen LogP contribution in [0.5, 0.6) is 0 Å². The minimum Gasteiger partial charge on any atom is -0.465 e. The Kier molecular flexibility index (Phi) is 2.52. The maximum absolute atomic E-state index is 11.5. The van der Waals surface area contributed by atoms with Gasteiger partial charge in [-0.25, -0.2) is 9.78 Å². The molecule has 0 spiro atoms. The molecule has 7 heteroatoms. The predicted octanol–water partition coefficient (Wildman–Crippen LogP) is 0.916. The van der Waals surface area contributed by atoms with Gasteiger partial charge in [0.1, 0.15) is 5.69 Å². The van der Waals surface area contributed by atoms with E-state index in [0.29, 0.717) is 17.0 Å². The van der Waals surface area contributed by atoms with Gasteiger partial charge in [0.25, 0.3) is 0 Å². The number of carbonyl (C=O) groups is 1. The third-order valence-corrected chi connectivity index (χ3v) is 2.87. The molecule has 3 rings (SSSR count). The van der Waals surface area contributed by atoms with Crippen LogP contribution in [0, 0.1) is 0 Å². The first kappa shape index (κ1) is 11.4. The molecule has 0 N–H and O–H groups in total. The van der Waals surface area contributed by atoms with Crippen LogP contribution in [0.1, 0.15) is 10.4 Å². The lowest BCUT2D eigenvalue weighted by atomic mass is 10.3. The summed E-state index contributed by atoms with van der Waals surface area (Å²) in [6.45, 7) is 0. The van der Waals surface area contributed by atoms with Crippen molar-refractivity contribution in [3.05, 3.63) is 36.4 Å². The Morgan fingerprint density at radius 2 is 2.16 bits per heavy atom. The molecule has 0 aromatic carbocycles. The van der Waals surface area contributed by atoms with Crippen molar-refractivity contribution in [3.8, 4) is 11.5 Å². The Labute approximate surface area is 108 Å². The van der Waals surface area contributed by atoms with Gasteiger partial charge >= 0.3 is 5.97 Å². The monoisotopic (exact) mass is 257 g/mol. The van der Waals surface area contributed by atoms with Crippen LogP contribution in [0.3, 0.4) is 0 Å². The van der Waals surface area contributed by atoms with Crippen molar-refractivity contribution < 1.29 is 9.53 Å². The highest BCUT2D eigenvalue weighted by molar-refractivity contribution is 5.89. The number of ether oxygens (including phenoxy) is 1. The van der Waals surface area contributed by atoms with Crippen LogP contribution in [-0.2, 0) is 11.8 Å². The number of hydrogen-bond donors (Lipinski definition) is 0. The maximum Gasteiger partial charge on any atom is 0.339 e. The Morgan fingerprint density at radius 1 is 1.32 bits per heavy atom. The van der Waals surface area contributed by atoms with Gasteiger partial charge in [-0.2, -0.15) is 0 Å². The van der Waals surface area contributed by atoms with E-state index in [1.807, 2.05) is 11.6 Å². The molecule has 0 amide bonds. The van der Waals surface area contributed by atoms with E-state index in [2.05, 4.69) is 15.2 Å². The lowest BCUT2D eigenvalue weighted by Gasteiger charge is -2.03. The summed E-state index contributed by atoms with van der Waals surface area (Å²) in [5, 5.41) is 8.19. The van der Waals surface area contributed by atoms with Gasteiger partial charge in [-0.1, -0.05) is 0 Å². The molecule has 96 valence electrons. The number of imidazole rings is 1. The number of hydrogen-bond acceptors (Lipinski definition) is 5. The van der Waals surface area contributed by atoms with Gasteiger partial charge in [0, 0.05) is 13.2 Å². The zero-order valence-corrected chi connectivity index (χ0v) is 10.4. The van der Waals surface area contributed by atoms with Crippen LogP contribution >= 0.6 is 0 Å². The van der Waals surface area contributed by atoms with Gasteiger partial charge < -0.3 is 9.30 Å². The number of aryl methyl sites for hydroxylation is 1. The summed E-state index contributed by atoms with van der Waals surface area (Å²) in [4.78, 5) is 15.6. The lowest BCUT2D eigenvalue weighted by molar-refractivity contribution is 0.0600. The lowest BCUT2D eigenvalue weighted by Crippen LogP contribution is -2.03. The maximum atomic E-state index is 11.5. The molecule has 3 aromatic rings. The molecule has 0 aliphatic rings. The molecule has 0 saturated carbocycles. The topological polar surface area (TPSA) is 74.3 Å². The van der Waals surface area contributed by atoms with Crippen molar-refractivity contribution in [2.75, 3.05) is 7.11 Å². The van der Waals surface area contributed by atoms with Crippen molar-refractivity contribution in [3.63, 3.8) is 0 Å². The Balaban J connectivity index is 2.21. The molecule has 0 atom stereocenters. The van der Waals surface area contributed by atoms with Crippen molar-refractivity contribution in [1.29, 1.82) is 0 Å². The summed E-state index contributed by atoms with van der Waals surface area (Å²) >= 11 is 0. The first-order valence-electron chi connectivity index (χ1n) is 5.60. The second kappa shape index (κ2) is 4.20. The van der Waals surface area contributed by atoms with E-state index in [1.54, 1.807) is 35.3 Å². The molecule has 0 fully saturated rings. The SMILES string of the molecule is COC(=O)c1ccc2nnc(-c3cncn3C)n2c1. The highest BCUT2D eigenvalue weighted by Crippen LogP contribution is 2.18. The molecule has 0 aliphatic heterocycles. The zero-order valence-electron chi connectivity index (χ0n) is 10.4. The largest absolute Gasteiger partial charge is 0.465 e. The van der Waals surface area contributed by atoms with E-state index < -0.39 is 5.97 Å². The second-order valence-electron chi connectivity index (χ2n) is 4.05. The number of nitrogens with zero attached hydrogens (tertiary/aromatic N) is 5. The van der Waals surface area contributed by atoms with Gasteiger partial charge in [0.15, 0.2) is 11.5 Å². The smallest absolute Gasteiger partial charge is 0.339 e. The minimum atomic E-state index is -0.397. The average Bonchev–Trinajstić information content (AvgIpc) is 3.02. The number of methoxy groups -OCH3 is 1. The predicted molar refractivity (Wildman–Crippen MR) is 66.5 cm³/mol. The number of esters is 1. The number of rotatable bonds is 2. The van der Waals surface area contributed by atoms with Crippen molar-refractivity contribution in [2.24, 2.45) is 7.05 Å². The summed E-state index contributed by atoms with van der Waals surface area (Å²) in [7, 11) is 3.22. The quantitative estimate of drug-likeness (QED) is 0.638. The summed E-state index contributed by atoms with van der Waals surface area (Å²) in [5.74, 6) is 0.229.